The molecule has 11 rings (SSSR count). The third-order valence-corrected chi connectivity index (χ3v) is 15.5. The van der Waals surface area contributed by atoms with Gasteiger partial charge in [-0.15, -0.1) is 29.3 Å². The van der Waals surface area contributed by atoms with Crippen molar-refractivity contribution in [2.45, 2.75) is 104 Å². The molecule has 5 heteroatoms. The summed E-state index contributed by atoms with van der Waals surface area (Å²) in [5.74, 6) is 0.670. The molecule has 1 aliphatic rings. The summed E-state index contributed by atoms with van der Waals surface area (Å²) in [6, 6.07) is 69.3. The molecule has 0 saturated heterocycles. The van der Waals surface area contributed by atoms with E-state index in [4.69, 9.17) is 9.97 Å². The minimum Gasteiger partial charge on any atom is -0.507 e. The second kappa shape index (κ2) is 21.1. The fraction of sp³-hybridized carbons (Fsp3) is 0.239. The van der Waals surface area contributed by atoms with Gasteiger partial charge in [-0.05, 0) is 104 Å². The van der Waals surface area contributed by atoms with Gasteiger partial charge in [0, 0.05) is 52.2 Å². The van der Waals surface area contributed by atoms with Gasteiger partial charge in [0.25, 0.3) is 0 Å². The number of rotatable bonds is 11. The van der Waals surface area contributed by atoms with Gasteiger partial charge in [-0.1, -0.05) is 232 Å². The van der Waals surface area contributed by atoms with Crippen molar-refractivity contribution in [2.24, 2.45) is 5.92 Å². The van der Waals surface area contributed by atoms with Gasteiger partial charge in [-0.3, -0.25) is 9.55 Å². The van der Waals surface area contributed by atoms with Crippen LogP contribution >= 0.6 is 0 Å². The van der Waals surface area contributed by atoms with Crippen LogP contribution in [0, 0.1) is 12.0 Å². The molecule has 0 amide bonds. The first-order chi connectivity index (χ1) is 36.9. The Bertz CT molecular complexity index is 3770. The number of phenols is 1. The van der Waals surface area contributed by atoms with Crippen LogP contribution in [-0.2, 0) is 43.7 Å². The van der Waals surface area contributed by atoms with Crippen molar-refractivity contribution in [3.8, 4) is 78.6 Å². The molecule has 1 N–H and O–H groups in total. The van der Waals surface area contributed by atoms with Gasteiger partial charge in [0.2, 0.25) is 0 Å². The molecule has 1 saturated carbocycles. The van der Waals surface area contributed by atoms with E-state index in [2.05, 4.69) is 199 Å². The van der Waals surface area contributed by atoms with E-state index >= 15 is 0 Å². The van der Waals surface area contributed by atoms with Crippen LogP contribution in [0.15, 0.2) is 194 Å². The summed E-state index contributed by atoms with van der Waals surface area (Å²) in [6.07, 6.45) is 4.23. The van der Waals surface area contributed by atoms with Crippen molar-refractivity contribution in [2.75, 3.05) is 0 Å². The van der Waals surface area contributed by atoms with Gasteiger partial charge < -0.3 is 5.11 Å². The van der Waals surface area contributed by atoms with Crippen molar-refractivity contribution in [3.05, 3.63) is 228 Å². The second-order valence-electron chi connectivity index (χ2n) is 23.1. The summed E-state index contributed by atoms with van der Waals surface area (Å²) in [5, 5.41) is 12.8. The molecule has 4 nitrogen and oxygen atoms in total. The van der Waals surface area contributed by atoms with Crippen LogP contribution < -0.4 is 0 Å². The van der Waals surface area contributed by atoms with Crippen molar-refractivity contribution in [1.82, 2.24) is 14.5 Å². The average Bonchev–Trinajstić information content (AvgIpc) is 4.33. The molecule has 1 fully saturated rings. The minimum absolute atomic E-state index is 0. The smallest absolute Gasteiger partial charge is 0.148 e. The maximum Gasteiger partial charge on any atom is 0.148 e. The Labute approximate surface area is 468 Å². The van der Waals surface area contributed by atoms with E-state index in [0.717, 1.165) is 109 Å². The molecule has 0 atom stereocenters. The third kappa shape index (κ3) is 10.4. The number of aromatic nitrogens is 3. The summed E-state index contributed by atoms with van der Waals surface area (Å²) in [6.45, 7) is 17.9. The Morgan fingerprint density at radius 2 is 1.13 bits per heavy atom. The standard InChI is InChI=1S/C71H68N3O.Pt/c1-69(2,3)57-42-53(41-54(43-57)63-44-52(37-38-72-63)49-32-34-56(35-33-49)71(7,8)55-27-16-11-17-28-55)59-29-20-30-65-66(59)73-68(62-46-58(70(4,5)6)45-61(67(62)75)51-25-14-10-15-26-51)74(65)64-36-31-48(39-47-21-18-19-22-47)40-60(64)50-23-12-9-13-24-50;/h9-17,20,23-38,40,42-47,75H,18-19,21-22,39H2,1-8H3;/q-1;/i39D2;. The summed E-state index contributed by atoms with van der Waals surface area (Å²) in [5.41, 5.74) is 17.0. The molecule has 10 aromatic rings. The van der Waals surface area contributed by atoms with Gasteiger partial charge in [0.1, 0.15) is 11.6 Å². The monoisotopic (exact) mass is 1180 g/mol. The molecule has 1 aliphatic carbocycles. The molecule has 0 unspecified atom stereocenters. The van der Waals surface area contributed by atoms with E-state index in [1.54, 1.807) is 0 Å². The number of fused-ring (bicyclic) bond motifs is 1. The van der Waals surface area contributed by atoms with Gasteiger partial charge in [0.05, 0.1) is 22.3 Å². The molecule has 0 aliphatic heterocycles. The number of phenolic OH excluding ortho intramolecular Hbond substituents is 1. The van der Waals surface area contributed by atoms with Crippen LogP contribution in [0.5, 0.6) is 5.75 Å². The Balaban J connectivity index is 0.00000688. The molecule has 2 heterocycles. The zero-order chi connectivity index (χ0) is 53.9. The van der Waals surface area contributed by atoms with Crippen molar-refractivity contribution < 1.29 is 28.9 Å². The molecule has 2 aromatic heterocycles. The Kier molecular flexibility index (Phi) is 13.8. The SMILES string of the molecule is [2H]C([2H])(c1ccc(-n2c(-c3cc(C(C)(C)C)cc(-c4ccccc4)c3O)nc3c(-c4[c-]c(-c5cc(-c6ccc(C(C)(C)c7ccccc7)cc6)ccn5)cc(C(C)(C)C)c4)cccc32)c(-c2ccccc2)c1)C1CCCC1.[Pt]. The summed E-state index contributed by atoms with van der Waals surface area (Å²) in [7, 11) is 0. The van der Waals surface area contributed by atoms with E-state index in [1.807, 2.05) is 60.8 Å². The average molecular weight is 1180 g/mol. The normalized spacial score (nSPS) is 13.8. The van der Waals surface area contributed by atoms with E-state index in [1.165, 1.54) is 11.1 Å². The number of benzene rings is 8. The molecular weight excluding hydrogens is 1110 g/mol. The molecule has 0 spiro atoms. The van der Waals surface area contributed by atoms with E-state index in [9.17, 15) is 7.85 Å². The van der Waals surface area contributed by atoms with Crippen molar-refractivity contribution in [1.29, 1.82) is 0 Å². The van der Waals surface area contributed by atoms with Gasteiger partial charge in [0.15, 0.2) is 0 Å². The number of para-hydroxylation sites is 1. The van der Waals surface area contributed by atoms with Crippen LogP contribution in [0.1, 0.15) is 112 Å². The largest absolute Gasteiger partial charge is 0.507 e. The summed E-state index contributed by atoms with van der Waals surface area (Å²) < 4.78 is 21.3. The van der Waals surface area contributed by atoms with Crippen LogP contribution in [0.4, 0.5) is 0 Å². The fourth-order valence-electron chi connectivity index (χ4n) is 10.9. The number of aromatic hydroxyl groups is 1. The van der Waals surface area contributed by atoms with Gasteiger partial charge in [-0.2, -0.15) is 0 Å². The van der Waals surface area contributed by atoms with E-state index < -0.39 is 6.37 Å². The maximum absolute atomic E-state index is 12.8. The number of hydrogen-bond acceptors (Lipinski definition) is 3. The summed E-state index contributed by atoms with van der Waals surface area (Å²) >= 11 is 0. The third-order valence-electron chi connectivity index (χ3n) is 15.5. The van der Waals surface area contributed by atoms with E-state index in [0.29, 0.717) is 17.0 Å². The van der Waals surface area contributed by atoms with Gasteiger partial charge >= 0.3 is 0 Å². The predicted octanol–water partition coefficient (Wildman–Crippen LogP) is 18.6. The first-order valence-electron chi connectivity index (χ1n) is 27.7. The first kappa shape index (κ1) is 49.7. The molecule has 384 valence electrons. The van der Waals surface area contributed by atoms with Crippen molar-refractivity contribution in [3.63, 3.8) is 0 Å². The maximum atomic E-state index is 12.8. The molecular formula is C71H68N3OPt-. The predicted molar refractivity (Wildman–Crippen MR) is 314 cm³/mol. The van der Waals surface area contributed by atoms with E-state index in [-0.39, 0.29) is 49.0 Å². The Hall–Kier alpha value is -7.13. The first-order valence-corrected chi connectivity index (χ1v) is 26.7. The fourth-order valence-corrected chi connectivity index (χ4v) is 10.9. The number of hydrogen-bond donors (Lipinski definition) is 1. The van der Waals surface area contributed by atoms with Crippen LogP contribution in [-0.4, -0.2) is 19.6 Å². The van der Waals surface area contributed by atoms with Crippen LogP contribution in [0.25, 0.3) is 83.9 Å². The summed E-state index contributed by atoms with van der Waals surface area (Å²) in [4.78, 5) is 10.7. The molecule has 8 aromatic carbocycles. The number of pyridine rings is 1. The number of imidazole rings is 1. The second-order valence-corrected chi connectivity index (χ2v) is 23.1. The van der Waals surface area contributed by atoms with Crippen LogP contribution in [0.2, 0.25) is 0 Å². The van der Waals surface area contributed by atoms with Gasteiger partial charge in [-0.25, -0.2) is 4.98 Å². The Morgan fingerprint density at radius 1 is 0.539 bits per heavy atom. The molecule has 0 radical (unpaired) electrons. The molecule has 76 heavy (non-hydrogen) atoms. The zero-order valence-electron chi connectivity index (χ0n) is 47.0. The van der Waals surface area contributed by atoms with Crippen molar-refractivity contribution >= 4 is 11.0 Å². The quantitative estimate of drug-likeness (QED) is 0.131. The molecule has 0 bridgehead atoms. The number of nitrogens with zero attached hydrogens (tertiary/aromatic N) is 3. The van der Waals surface area contributed by atoms with Crippen LogP contribution in [0.3, 0.4) is 0 Å². The zero-order valence-corrected chi connectivity index (χ0v) is 47.3. The minimum atomic E-state index is -1.51. The Morgan fingerprint density at radius 3 is 1.79 bits per heavy atom. The topological polar surface area (TPSA) is 50.9 Å².